The molecule has 1 saturated heterocycles. The van der Waals surface area contributed by atoms with E-state index in [9.17, 15) is 18.0 Å². The van der Waals surface area contributed by atoms with Crippen molar-refractivity contribution in [2.45, 2.75) is 51.5 Å². The number of hydrogen-bond donors (Lipinski definition) is 0. The predicted octanol–water partition coefficient (Wildman–Crippen LogP) is 5.32. The minimum absolute atomic E-state index is 0.0478. The van der Waals surface area contributed by atoms with Crippen LogP contribution in [0.4, 0.5) is 29.3 Å². The van der Waals surface area contributed by atoms with E-state index >= 15 is 0 Å². The van der Waals surface area contributed by atoms with Gasteiger partial charge in [-0.1, -0.05) is 18.2 Å². The number of anilines is 2. The topological polar surface area (TPSA) is 66.7 Å². The van der Waals surface area contributed by atoms with Gasteiger partial charge in [0.2, 0.25) is 5.88 Å². The Morgan fingerprint density at radius 2 is 1.84 bits per heavy atom. The molecule has 0 aliphatic carbocycles. The summed E-state index contributed by atoms with van der Waals surface area (Å²) in [4.78, 5) is 23.8. The highest BCUT2D eigenvalue weighted by molar-refractivity contribution is 5.95. The largest absolute Gasteiger partial charge is 0.480 e. The van der Waals surface area contributed by atoms with Gasteiger partial charge in [-0.15, -0.1) is 0 Å². The van der Waals surface area contributed by atoms with Crippen LogP contribution in [-0.4, -0.2) is 51.9 Å². The van der Waals surface area contributed by atoms with Crippen LogP contribution in [-0.2, 0) is 19.8 Å². The highest BCUT2D eigenvalue weighted by atomic mass is 19.4. The second-order valence-corrected chi connectivity index (χ2v) is 9.88. The van der Waals surface area contributed by atoms with Crippen LogP contribution in [0.5, 0.6) is 5.88 Å². The minimum Gasteiger partial charge on any atom is -0.480 e. The fraction of sp³-hybridized carbons (Fsp3) is 0.444. The molecule has 0 radical (unpaired) electrons. The number of alkyl halides is 3. The number of hydrogen-bond acceptors (Lipinski definition) is 5. The normalized spacial score (nSPS) is 18.7. The number of carbonyl (C=O) groups excluding carboxylic acids is 1. The Morgan fingerprint density at radius 3 is 2.53 bits per heavy atom. The number of aromatic nitrogens is 3. The summed E-state index contributed by atoms with van der Waals surface area (Å²) in [5, 5.41) is 4.60. The number of halogens is 3. The number of rotatable bonds is 5. The van der Waals surface area contributed by atoms with E-state index in [2.05, 4.69) is 15.0 Å². The van der Waals surface area contributed by atoms with Gasteiger partial charge in [0.25, 0.3) is 0 Å². The third-order valence-electron chi connectivity index (χ3n) is 7.50. The number of piperidine rings is 1. The van der Waals surface area contributed by atoms with Crippen LogP contribution < -0.4 is 14.5 Å². The lowest BCUT2D eigenvalue weighted by atomic mass is 9.97. The van der Waals surface area contributed by atoms with E-state index in [4.69, 9.17) is 4.74 Å². The molecule has 38 heavy (non-hydrogen) atoms. The maximum atomic E-state index is 14.0. The van der Waals surface area contributed by atoms with Crippen LogP contribution in [0.15, 0.2) is 42.7 Å². The summed E-state index contributed by atoms with van der Waals surface area (Å²) in [6, 6.07) is 6.65. The van der Waals surface area contributed by atoms with E-state index in [1.165, 1.54) is 17.0 Å². The van der Waals surface area contributed by atoms with Gasteiger partial charge in [-0.3, -0.25) is 9.58 Å². The number of fused-ring (bicyclic) bond motifs is 1. The van der Waals surface area contributed by atoms with E-state index < -0.39 is 11.7 Å². The molecule has 2 aliphatic heterocycles. The van der Waals surface area contributed by atoms with Gasteiger partial charge in [-0.05, 0) is 49.9 Å². The zero-order chi connectivity index (χ0) is 27.2. The van der Waals surface area contributed by atoms with Crippen molar-refractivity contribution in [2.75, 3.05) is 30.0 Å². The molecular formula is C27H31F3N6O2. The van der Waals surface area contributed by atoms with Crippen molar-refractivity contribution in [1.29, 1.82) is 0 Å². The number of carbonyl (C=O) groups is 1. The molecule has 0 spiro atoms. The fourth-order valence-electron chi connectivity index (χ4n) is 5.70. The van der Waals surface area contributed by atoms with Crippen LogP contribution in [0, 0.1) is 6.92 Å². The zero-order valence-electron chi connectivity index (χ0n) is 21.9. The first-order chi connectivity index (χ1) is 18.1. The van der Waals surface area contributed by atoms with Gasteiger partial charge >= 0.3 is 12.2 Å². The first-order valence-electron chi connectivity index (χ1n) is 12.6. The van der Waals surface area contributed by atoms with Crippen molar-refractivity contribution in [3.8, 4) is 5.88 Å². The fourth-order valence-corrected chi connectivity index (χ4v) is 5.70. The molecular weight excluding hydrogens is 497 g/mol. The number of benzene rings is 1. The summed E-state index contributed by atoms with van der Waals surface area (Å²) in [6.07, 6.45) is 0.301. The van der Waals surface area contributed by atoms with E-state index in [-0.39, 0.29) is 30.2 Å². The van der Waals surface area contributed by atoms with Crippen LogP contribution >= 0.6 is 0 Å². The molecule has 0 N–H and O–H groups in total. The van der Waals surface area contributed by atoms with Gasteiger partial charge in [0.1, 0.15) is 11.4 Å². The zero-order valence-corrected chi connectivity index (χ0v) is 21.9. The molecule has 1 unspecified atom stereocenters. The molecule has 3 aromatic rings. The summed E-state index contributed by atoms with van der Waals surface area (Å²) >= 11 is 0. The van der Waals surface area contributed by atoms with Crippen molar-refractivity contribution in [3.05, 3.63) is 65.1 Å². The van der Waals surface area contributed by atoms with E-state index in [0.29, 0.717) is 43.2 Å². The molecule has 4 heterocycles. The predicted molar refractivity (Wildman–Crippen MR) is 137 cm³/mol. The molecule has 5 rings (SSSR count). The Kier molecular flexibility index (Phi) is 6.70. The van der Waals surface area contributed by atoms with Crippen molar-refractivity contribution in [3.63, 3.8) is 0 Å². The van der Waals surface area contributed by atoms with Gasteiger partial charge < -0.3 is 14.5 Å². The van der Waals surface area contributed by atoms with Crippen LogP contribution in [0.2, 0.25) is 0 Å². The number of pyridine rings is 1. The van der Waals surface area contributed by atoms with Crippen LogP contribution in [0.25, 0.3) is 0 Å². The third kappa shape index (κ3) is 4.54. The smallest absolute Gasteiger partial charge is 0.416 e. The first-order valence-corrected chi connectivity index (χ1v) is 12.6. The number of aryl methyl sites for hydroxylation is 2. The first kappa shape index (κ1) is 25.9. The van der Waals surface area contributed by atoms with Gasteiger partial charge in [-0.25, -0.2) is 9.78 Å². The Bertz CT molecular complexity index is 1330. The molecule has 1 fully saturated rings. The quantitative estimate of drug-likeness (QED) is 0.448. The van der Waals surface area contributed by atoms with Gasteiger partial charge in [0.15, 0.2) is 0 Å². The lowest BCUT2D eigenvalue weighted by Crippen LogP contribution is -2.55. The maximum absolute atomic E-state index is 14.0. The number of nitrogens with zero attached hydrogens (tertiary/aromatic N) is 6. The molecule has 202 valence electrons. The summed E-state index contributed by atoms with van der Waals surface area (Å²) in [5.41, 5.74) is 2.55. The summed E-state index contributed by atoms with van der Waals surface area (Å²) in [5.74, 6) is 0.568. The van der Waals surface area contributed by atoms with Crippen molar-refractivity contribution in [2.24, 2.45) is 7.05 Å². The van der Waals surface area contributed by atoms with Crippen molar-refractivity contribution >= 4 is 17.4 Å². The van der Waals surface area contributed by atoms with Gasteiger partial charge in [-0.2, -0.15) is 18.3 Å². The van der Waals surface area contributed by atoms with Crippen LogP contribution in [0.3, 0.4) is 0 Å². The lowest BCUT2D eigenvalue weighted by molar-refractivity contribution is -0.138. The molecule has 2 aromatic heterocycles. The van der Waals surface area contributed by atoms with Gasteiger partial charge in [0, 0.05) is 38.6 Å². The average molecular weight is 529 g/mol. The Labute approximate surface area is 219 Å². The lowest BCUT2D eigenvalue weighted by Gasteiger charge is -2.46. The molecule has 2 amide bonds. The second kappa shape index (κ2) is 9.85. The molecule has 0 saturated carbocycles. The SMILES string of the molecule is COc1nccc(C)c1N1CCC(N2C(=O)N(Cc3ccccc3C(F)(F)F)c3cn(C)nc3C2C)CC1. The van der Waals surface area contributed by atoms with Crippen molar-refractivity contribution < 1.29 is 22.7 Å². The summed E-state index contributed by atoms with van der Waals surface area (Å²) < 4.78 is 48.3. The molecule has 1 aromatic carbocycles. The van der Waals surface area contributed by atoms with Crippen molar-refractivity contribution in [1.82, 2.24) is 19.7 Å². The summed E-state index contributed by atoms with van der Waals surface area (Å²) in [7, 11) is 3.35. The highest BCUT2D eigenvalue weighted by Crippen LogP contribution is 2.41. The Hall–Kier alpha value is -3.76. The second-order valence-electron chi connectivity index (χ2n) is 9.88. The standard InChI is InChI=1S/C27H31F3N6O2/c1-17-9-12-31-25(38-4)24(17)34-13-10-20(11-14-34)36-18(2)23-22(16-33(3)32-23)35(26(36)37)15-19-7-5-6-8-21(19)27(28,29)30/h5-9,12,16,18,20H,10-11,13-15H2,1-4H3. The average Bonchev–Trinajstić information content (AvgIpc) is 3.28. The highest BCUT2D eigenvalue weighted by Gasteiger charge is 2.43. The number of amides is 2. The molecule has 2 aliphatic rings. The molecule has 11 heteroatoms. The number of urea groups is 1. The van der Waals surface area contributed by atoms with Crippen LogP contribution in [0.1, 0.15) is 48.2 Å². The van der Waals surface area contributed by atoms with E-state index in [0.717, 1.165) is 17.3 Å². The Morgan fingerprint density at radius 1 is 1.13 bits per heavy atom. The Balaban J connectivity index is 1.43. The van der Waals surface area contributed by atoms with Gasteiger partial charge in [0.05, 0.1) is 30.9 Å². The molecule has 0 bridgehead atoms. The van der Waals surface area contributed by atoms with E-state index in [1.54, 1.807) is 42.2 Å². The third-order valence-corrected chi connectivity index (χ3v) is 7.50. The number of ether oxygens (including phenoxy) is 1. The molecule has 8 nitrogen and oxygen atoms in total. The number of methoxy groups -OCH3 is 1. The monoisotopic (exact) mass is 528 g/mol. The summed E-state index contributed by atoms with van der Waals surface area (Å²) in [6.45, 7) is 5.14. The maximum Gasteiger partial charge on any atom is 0.416 e. The van der Waals surface area contributed by atoms with E-state index in [1.807, 2.05) is 19.9 Å². The molecule has 1 atom stereocenters. The minimum atomic E-state index is -4.52.